The minimum atomic E-state index is -0.538. The van der Waals surface area contributed by atoms with Crippen molar-refractivity contribution in [2.24, 2.45) is 0 Å². The zero-order valence-electron chi connectivity index (χ0n) is 17.4. The van der Waals surface area contributed by atoms with E-state index < -0.39 is 6.04 Å². The summed E-state index contributed by atoms with van der Waals surface area (Å²) in [5.41, 5.74) is 3.61. The second kappa shape index (κ2) is 8.99. The Morgan fingerprint density at radius 2 is 1.87 bits per heavy atom. The molecular weight excluding hydrogens is 388 g/mol. The van der Waals surface area contributed by atoms with E-state index in [-0.39, 0.29) is 17.6 Å². The molecule has 0 fully saturated rings. The first kappa shape index (κ1) is 20.6. The molecular formula is C26H24N2O3. The molecule has 1 aliphatic carbocycles. The van der Waals surface area contributed by atoms with E-state index in [4.69, 9.17) is 0 Å². The van der Waals surface area contributed by atoms with Crippen LogP contribution in [0.2, 0.25) is 0 Å². The molecule has 2 unspecified atom stereocenters. The van der Waals surface area contributed by atoms with E-state index in [1.54, 1.807) is 12.2 Å². The third-order valence-corrected chi connectivity index (χ3v) is 5.80. The molecule has 2 aromatic carbocycles. The minimum absolute atomic E-state index is 0.129. The van der Waals surface area contributed by atoms with E-state index >= 15 is 0 Å². The van der Waals surface area contributed by atoms with Crippen LogP contribution < -0.4 is 10.2 Å². The highest BCUT2D eigenvalue weighted by Gasteiger charge is 2.26. The molecule has 5 nitrogen and oxygen atoms in total. The summed E-state index contributed by atoms with van der Waals surface area (Å²) in [6.07, 6.45) is 6.67. The second-order valence-corrected chi connectivity index (χ2v) is 7.80. The summed E-state index contributed by atoms with van der Waals surface area (Å²) in [5.74, 6) is 1.62. The molecule has 0 saturated heterocycles. The Morgan fingerprint density at radius 3 is 2.65 bits per heavy atom. The molecule has 0 radical (unpaired) electrons. The summed E-state index contributed by atoms with van der Waals surface area (Å²) in [6.45, 7) is 2.51. The number of amides is 1. The first-order valence-electron chi connectivity index (χ1n) is 10.5. The van der Waals surface area contributed by atoms with Crippen molar-refractivity contribution < 1.29 is 14.4 Å². The van der Waals surface area contributed by atoms with Gasteiger partial charge in [-0.3, -0.25) is 9.59 Å². The van der Waals surface area contributed by atoms with E-state index in [2.05, 4.69) is 10.2 Å². The molecule has 2 atom stereocenters. The third kappa shape index (κ3) is 4.27. The number of benzene rings is 2. The normalized spacial score (nSPS) is 19.1. The highest BCUT2D eigenvalue weighted by Crippen LogP contribution is 2.31. The highest BCUT2D eigenvalue weighted by atomic mass is 16.2. The van der Waals surface area contributed by atoms with Crippen LogP contribution in [0.4, 0.5) is 5.69 Å². The van der Waals surface area contributed by atoms with Crippen molar-refractivity contribution in [1.82, 2.24) is 5.32 Å². The number of carbonyl (C=O) groups excluding carboxylic acids is 3. The average Bonchev–Trinajstić information content (AvgIpc) is 2.98. The highest BCUT2D eigenvalue weighted by molar-refractivity contribution is 6.02. The third-order valence-electron chi connectivity index (χ3n) is 5.80. The van der Waals surface area contributed by atoms with E-state index in [0.29, 0.717) is 24.1 Å². The molecule has 156 valence electrons. The SMILES string of the molecule is CC(C(=O)NC1C=CC(N2CCCC(=O)c3ccccc32)=CC1=C=O)c1ccccc1. The maximum atomic E-state index is 12.7. The maximum absolute atomic E-state index is 12.7. The Kier molecular flexibility index (Phi) is 5.96. The van der Waals surface area contributed by atoms with Gasteiger partial charge in [0.25, 0.3) is 0 Å². The maximum Gasteiger partial charge on any atom is 0.228 e. The van der Waals surface area contributed by atoms with Crippen molar-refractivity contribution in [2.75, 3.05) is 11.4 Å². The number of nitrogens with one attached hydrogen (secondary N) is 1. The molecule has 0 aromatic heterocycles. The molecule has 1 N–H and O–H groups in total. The van der Waals surface area contributed by atoms with Crippen LogP contribution in [0.3, 0.4) is 0 Å². The number of carbonyl (C=O) groups is 2. The number of nitrogens with zero attached hydrogens (tertiary/aromatic N) is 1. The van der Waals surface area contributed by atoms with Crippen LogP contribution in [0.5, 0.6) is 0 Å². The lowest BCUT2D eigenvalue weighted by atomic mass is 9.97. The molecule has 0 bridgehead atoms. The van der Waals surface area contributed by atoms with Crippen LogP contribution in [-0.2, 0) is 9.59 Å². The lowest BCUT2D eigenvalue weighted by molar-refractivity contribution is -0.122. The van der Waals surface area contributed by atoms with Gasteiger partial charge >= 0.3 is 0 Å². The van der Waals surface area contributed by atoms with Crippen LogP contribution in [0.25, 0.3) is 0 Å². The van der Waals surface area contributed by atoms with Crippen LogP contribution in [0.15, 0.2) is 84.1 Å². The predicted octanol–water partition coefficient (Wildman–Crippen LogP) is 3.97. The second-order valence-electron chi connectivity index (χ2n) is 7.80. The zero-order chi connectivity index (χ0) is 21.8. The smallest absolute Gasteiger partial charge is 0.228 e. The van der Waals surface area contributed by atoms with Crippen LogP contribution in [0, 0.1) is 0 Å². The monoisotopic (exact) mass is 412 g/mol. The number of allylic oxidation sites excluding steroid dienone is 1. The number of hydrogen-bond donors (Lipinski definition) is 1. The van der Waals surface area contributed by atoms with Gasteiger partial charge in [0, 0.05) is 24.2 Å². The fraction of sp³-hybridized carbons (Fsp3) is 0.231. The van der Waals surface area contributed by atoms with Crippen molar-refractivity contribution in [3.63, 3.8) is 0 Å². The van der Waals surface area contributed by atoms with Crippen LogP contribution >= 0.6 is 0 Å². The fourth-order valence-corrected chi connectivity index (χ4v) is 4.02. The summed E-state index contributed by atoms with van der Waals surface area (Å²) in [6, 6.07) is 16.5. The molecule has 0 spiro atoms. The number of hydrogen-bond acceptors (Lipinski definition) is 4. The topological polar surface area (TPSA) is 66.5 Å². The van der Waals surface area contributed by atoms with Crippen molar-refractivity contribution in [3.05, 3.63) is 95.2 Å². The molecule has 4 rings (SSSR count). The number of rotatable bonds is 4. The molecule has 1 aliphatic heterocycles. The lowest BCUT2D eigenvalue weighted by Gasteiger charge is -2.29. The Morgan fingerprint density at radius 1 is 1.13 bits per heavy atom. The molecule has 5 heteroatoms. The van der Waals surface area contributed by atoms with E-state index in [0.717, 1.165) is 23.4 Å². The van der Waals surface area contributed by atoms with Gasteiger partial charge in [-0.05, 0) is 43.2 Å². The van der Waals surface area contributed by atoms with Crippen molar-refractivity contribution >= 4 is 23.3 Å². The molecule has 0 saturated carbocycles. The molecule has 1 amide bonds. The van der Waals surface area contributed by atoms with E-state index in [1.807, 2.05) is 73.5 Å². The Balaban J connectivity index is 1.55. The van der Waals surface area contributed by atoms with Crippen LogP contribution in [0.1, 0.15) is 41.6 Å². The van der Waals surface area contributed by atoms with Gasteiger partial charge in [0.05, 0.1) is 23.2 Å². The van der Waals surface area contributed by atoms with Gasteiger partial charge < -0.3 is 10.2 Å². The summed E-state index contributed by atoms with van der Waals surface area (Å²) in [5, 5.41) is 2.94. The Bertz CT molecular complexity index is 1110. The van der Waals surface area contributed by atoms with Gasteiger partial charge in [0.2, 0.25) is 5.91 Å². The summed E-state index contributed by atoms with van der Waals surface area (Å²) in [4.78, 5) is 38.9. The quantitative estimate of drug-likeness (QED) is 0.772. The molecule has 1 heterocycles. The minimum Gasteiger partial charge on any atom is -0.345 e. The van der Waals surface area contributed by atoms with Gasteiger partial charge in [0.1, 0.15) is 5.94 Å². The van der Waals surface area contributed by atoms with Gasteiger partial charge in [-0.15, -0.1) is 0 Å². The van der Waals surface area contributed by atoms with E-state index in [1.165, 1.54) is 0 Å². The molecule has 2 aliphatic rings. The zero-order valence-corrected chi connectivity index (χ0v) is 17.4. The van der Waals surface area contributed by atoms with E-state index in [9.17, 15) is 14.4 Å². The van der Waals surface area contributed by atoms with Crippen molar-refractivity contribution in [3.8, 4) is 0 Å². The number of fused-ring (bicyclic) bond motifs is 1. The standard InChI is InChI=1S/C26H24N2O3/c1-18(19-8-3-2-4-9-19)26(31)27-23-14-13-21(16-20(23)17-29)28-15-7-12-25(30)22-10-5-6-11-24(22)28/h2-6,8-11,13-14,16,18,23H,7,12,15H2,1H3,(H,27,31). The Hall–Kier alpha value is -3.69. The summed E-state index contributed by atoms with van der Waals surface area (Å²) >= 11 is 0. The van der Waals surface area contributed by atoms with Gasteiger partial charge in [-0.2, -0.15) is 0 Å². The Labute approximate surface area is 181 Å². The average molecular weight is 412 g/mol. The fourth-order valence-electron chi connectivity index (χ4n) is 4.02. The van der Waals surface area contributed by atoms with Crippen molar-refractivity contribution in [2.45, 2.75) is 31.7 Å². The number of para-hydroxylation sites is 1. The number of Topliss-reactive ketones (excluding diaryl/α,β-unsaturated/α-hetero) is 1. The molecule has 2 aromatic rings. The predicted molar refractivity (Wildman–Crippen MR) is 121 cm³/mol. The van der Waals surface area contributed by atoms with Crippen molar-refractivity contribution in [1.29, 1.82) is 0 Å². The largest absolute Gasteiger partial charge is 0.345 e. The number of ketones is 1. The first-order valence-corrected chi connectivity index (χ1v) is 10.5. The summed E-state index contributed by atoms with van der Waals surface area (Å²) < 4.78 is 0. The van der Waals surface area contributed by atoms with Crippen LogP contribution in [-0.4, -0.2) is 30.2 Å². The number of anilines is 1. The summed E-state index contributed by atoms with van der Waals surface area (Å²) in [7, 11) is 0. The first-order chi connectivity index (χ1) is 15.1. The lowest BCUT2D eigenvalue weighted by Crippen LogP contribution is -2.39. The van der Waals surface area contributed by atoms with Gasteiger partial charge in [-0.25, -0.2) is 4.79 Å². The molecule has 31 heavy (non-hydrogen) atoms. The van der Waals surface area contributed by atoms with Gasteiger partial charge in [-0.1, -0.05) is 48.5 Å². The van der Waals surface area contributed by atoms with Gasteiger partial charge in [0.15, 0.2) is 5.78 Å².